The summed E-state index contributed by atoms with van der Waals surface area (Å²) in [5, 5.41) is 8.95. The van der Waals surface area contributed by atoms with E-state index in [4.69, 9.17) is 16.7 Å². The van der Waals surface area contributed by atoms with E-state index < -0.39 is 5.97 Å². The average molecular weight is 212 g/mol. The third-order valence-corrected chi connectivity index (χ3v) is 2.77. The molecule has 4 heteroatoms. The van der Waals surface area contributed by atoms with Crippen molar-refractivity contribution in [3.63, 3.8) is 0 Å². The van der Waals surface area contributed by atoms with E-state index in [1.807, 2.05) is 0 Å². The Balaban J connectivity index is 2.50. The smallest absolute Gasteiger partial charge is 0.338 e. The highest BCUT2D eigenvalue weighted by Gasteiger charge is 2.17. The number of hydrogen-bond donors (Lipinski definition) is 1. The number of fused-ring (bicyclic) bond motifs is 1. The van der Waals surface area contributed by atoms with Gasteiger partial charge in [-0.25, -0.2) is 9.78 Å². The Bertz CT molecular complexity index is 390. The quantitative estimate of drug-likeness (QED) is 0.726. The number of carbonyl (C=O) groups is 1. The van der Waals surface area contributed by atoms with E-state index in [-0.39, 0.29) is 10.7 Å². The molecule has 0 atom stereocenters. The van der Waals surface area contributed by atoms with Crippen molar-refractivity contribution in [1.29, 1.82) is 0 Å². The zero-order chi connectivity index (χ0) is 10.1. The summed E-state index contributed by atoms with van der Waals surface area (Å²) in [7, 11) is 0. The highest BCUT2D eigenvalue weighted by atomic mass is 35.5. The van der Waals surface area contributed by atoms with Crippen molar-refractivity contribution in [2.75, 3.05) is 0 Å². The number of carboxylic acid groups (broad SMARTS) is 1. The van der Waals surface area contributed by atoms with Crippen molar-refractivity contribution in [2.24, 2.45) is 0 Å². The molecule has 1 aliphatic carbocycles. The van der Waals surface area contributed by atoms with Crippen LogP contribution in [0.15, 0.2) is 6.07 Å². The highest BCUT2D eigenvalue weighted by Crippen LogP contribution is 2.24. The third-order valence-electron chi connectivity index (χ3n) is 2.48. The van der Waals surface area contributed by atoms with Crippen LogP contribution in [0.1, 0.15) is 34.5 Å². The largest absolute Gasteiger partial charge is 0.478 e. The second kappa shape index (κ2) is 3.58. The van der Waals surface area contributed by atoms with Gasteiger partial charge in [-0.3, -0.25) is 0 Å². The number of pyridine rings is 1. The van der Waals surface area contributed by atoms with Crippen molar-refractivity contribution in [3.05, 3.63) is 28.0 Å². The number of halogens is 1. The van der Waals surface area contributed by atoms with Gasteiger partial charge in [0, 0.05) is 5.69 Å². The van der Waals surface area contributed by atoms with Crippen LogP contribution in [0.3, 0.4) is 0 Å². The predicted molar refractivity (Wildman–Crippen MR) is 52.8 cm³/mol. The summed E-state index contributed by atoms with van der Waals surface area (Å²) < 4.78 is 0. The second-order valence-corrected chi connectivity index (χ2v) is 3.80. The normalized spacial score (nSPS) is 14.9. The molecule has 0 unspecified atom stereocenters. The van der Waals surface area contributed by atoms with E-state index in [0.717, 1.165) is 36.9 Å². The summed E-state index contributed by atoms with van der Waals surface area (Å²) in [6, 6.07) is 1.66. The molecule has 74 valence electrons. The summed E-state index contributed by atoms with van der Waals surface area (Å²) in [6.07, 6.45) is 4.05. The van der Waals surface area contributed by atoms with Gasteiger partial charge in [-0.2, -0.15) is 0 Å². The first kappa shape index (κ1) is 9.46. The van der Waals surface area contributed by atoms with Gasteiger partial charge in [-0.15, -0.1) is 0 Å². The number of hydrogen-bond acceptors (Lipinski definition) is 2. The Kier molecular flexibility index (Phi) is 2.42. The molecule has 1 aromatic rings. The van der Waals surface area contributed by atoms with E-state index in [1.54, 1.807) is 6.07 Å². The summed E-state index contributed by atoms with van der Waals surface area (Å²) >= 11 is 5.76. The van der Waals surface area contributed by atoms with Crippen LogP contribution in [-0.4, -0.2) is 16.1 Å². The Morgan fingerprint density at radius 3 is 2.86 bits per heavy atom. The Morgan fingerprint density at radius 1 is 1.43 bits per heavy atom. The third kappa shape index (κ3) is 1.60. The number of nitrogens with zero attached hydrogens (tertiary/aromatic N) is 1. The van der Waals surface area contributed by atoms with Gasteiger partial charge < -0.3 is 5.11 Å². The average Bonchev–Trinajstić information content (AvgIpc) is 2.16. The van der Waals surface area contributed by atoms with Crippen LogP contribution < -0.4 is 0 Å². The van der Waals surface area contributed by atoms with E-state index >= 15 is 0 Å². The van der Waals surface area contributed by atoms with Gasteiger partial charge in [-0.1, -0.05) is 11.6 Å². The van der Waals surface area contributed by atoms with Crippen LogP contribution in [0.2, 0.25) is 5.15 Å². The maximum absolute atomic E-state index is 10.8. The highest BCUT2D eigenvalue weighted by molar-refractivity contribution is 6.32. The summed E-state index contributed by atoms with van der Waals surface area (Å²) in [5.74, 6) is -1.00. The minimum atomic E-state index is -1.00. The van der Waals surface area contributed by atoms with E-state index in [1.165, 1.54) is 0 Å². The van der Waals surface area contributed by atoms with Gasteiger partial charge in [0.05, 0.1) is 5.56 Å². The van der Waals surface area contributed by atoms with E-state index in [0.29, 0.717) is 0 Å². The molecule has 1 N–H and O–H groups in total. The van der Waals surface area contributed by atoms with Gasteiger partial charge in [0.15, 0.2) is 0 Å². The van der Waals surface area contributed by atoms with Gasteiger partial charge in [0.1, 0.15) is 5.15 Å². The standard InChI is InChI=1S/C10H10ClNO2/c11-9-7(10(13)14)5-6-3-1-2-4-8(6)12-9/h5H,1-4H2,(H,13,14). The number of rotatable bonds is 1. The monoisotopic (exact) mass is 211 g/mol. The molecule has 1 aromatic heterocycles. The van der Waals surface area contributed by atoms with Crippen molar-refractivity contribution < 1.29 is 9.90 Å². The fourth-order valence-electron chi connectivity index (χ4n) is 1.76. The minimum absolute atomic E-state index is 0.109. The molecule has 14 heavy (non-hydrogen) atoms. The summed E-state index contributed by atoms with van der Waals surface area (Å²) in [6.45, 7) is 0. The lowest BCUT2D eigenvalue weighted by molar-refractivity contribution is 0.0696. The second-order valence-electron chi connectivity index (χ2n) is 3.44. The van der Waals surface area contributed by atoms with Gasteiger partial charge >= 0.3 is 5.97 Å². The molecule has 0 fully saturated rings. The van der Waals surface area contributed by atoms with Gasteiger partial charge in [-0.05, 0) is 37.3 Å². The summed E-state index contributed by atoms with van der Waals surface area (Å²) in [4.78, 5) is 14.9. The molecular weight excluding hydrogens is 202 g/mol. The molecule has 0 bridgehead atoms. The first-order valence-electron chi connectivity index (χ1n) is 4.60. The van der Waals surface area contributed by atoms with Crippen LogP contribution in [0, 0.1) is 0 Å². The molecule has 2 rings (SSSR count). The van der Waals surface area contributed by atoms with Crippen LogP contribution in [0.25, 0.3) is 0 Å². The zero-order valence-corrected chi connectivity index (χ0v) is 8.34. The lowest BCUT2D eigenvalue weighted by atomic mass is 9.95. The van der Waals surface area contributed by atoms with Crippen molar-refractivity contribution in [3.8, 4) is 0 Å². The molecule has 0 saturated carbocycles. The van der Waals surface area contributed by atoms with Crippen molar-refractivity contribution in [1.82, 2.24) is 4.98 Å². The fraction of sp³-hybridized carbons (Fsp3) is 0.400. The fourth-order valence-corrected chi connectivity index (χ4v) is 2.00. The van der Waals surface area contributed by atoms with Gasteiger partial charge in [0.25, 0.3) is 0 Å². The lowest BCUT2D eigenvalue weighted by Gasteiger charge is -2.15. The molecule has 1 heterocycles. The molecule has 0 aliphatic heterocycles. The molecule has 0 spiro atoms. The van der Waals surface area contributed by atoms with Crippen molar-refractivity contribution in [2.45, 2.75) is 25.7 Å². The zero-order valence-electron chi connectivity index (χ0n) is 7.59. The first-order chi connectivity index (χ1) is 6.68. The molecule has 0 amide bonds. The molecule has 3 nitrogen and oxygen atoms in total. The number of aromatic carboxylic acids is 1. The number of aromatic nitrogens is 1. The maximum Gasteiger partial charge on any atom is 0.338 e. The molecule has 1 aliphatic rings. The first-order valence-corrected chi connectivity index (χ1v) is 4.98. The molecule has 0 radical (unpaired) electrons. The summed E-state index contributed by atoms with van der Waals surface area (Å²) in [5.41, 5.74) is 2.12. The molecule has 0 aromatic carbocycles. The molecule has 0 saturated heterocycles. The molecular formula is C10H10ClNO2. The maximum atomic E-state index is 10.8. The number of aryl methyl sites for hydroxylation is 2. The van der Waals surface area contributed by atoms with Gasteiger partial charge in [0.2, 0.25) is 0 Å². The van der Waals surface area contributed by atoms with Crippen LogP contribution >= 0.6 is 11.6 Å². The Labute approximate surface area is 86.7 Å². The topological polar surface area (TPSA) is 50.2 Å². The lowest BCUT2D eigenvalue weighted by Crippen LogP contribution is -2.09. The van der Waals surface area contributed by atoms with Crippen LogP contribution in [0.5, 0.6) is 0 Å². The van der Waals surface area contributed by atoms with E-state index in [9.17, 15) is 4.79 Å². The minimum Gasteiger partial charge on any atom is -0.478 e. The van der Waals surface area contributed by atoms with Crippen LogP contribution in [-0.2, 0) is 12.8 Å². The van der Waals surface area contributed by atoms with Crippen LogP contribution in [0.4, 0.5) is 0 Å². The number of carboxylic acids is 1. The predicted octanol–water partition coefficient (Wildman–Crippen LogP) is 2.31. The van der Waals surface area contributed by atoms with Crippen molar-refractivity contribution >= 4 is 17.6 Å². The Hall–Kier alpha value is -1.09. The van der Waals surface area contributed by atoms with E-state index in [2.05, 4.69) is 4.98 Å². The Morgan fingerprint density at radius 2 is 2.14 bits per heavy atom. The SMILES string of the molecule is O=C(O)c1cc2c(nc1Cl)CCCC2.